The first-order valence-corrected chi connectivity index (χ1v) is 5.55. The zero-order chi connectivity index (χ0) is 11.4. The van der Waals surface area contributed by atoms with Gasteiger partial charge in [0, 0.05) is 25.4 Å². The lowest BCUT2D eigenvalue weighted by molar-refractivity contribution is 0.732. The van der Waals surface area contributed by atoms with E-state index in [1.807, 2.05) is 18.5 Å². The number of nitrogens with zero attached hydrogens (tertiary/aromatic N) is 2. The molecule has 0 unspecified atom stereocenters. The zero-order valence-corrected chi connectivity index (χ0v) is 9.56. The summed E-state index contributed by atoms with van der Waals surface area (Å²) in [6, 6.07) is 8.45. The Bertz CT molecular complexity index is 466. The molecule has 0 aliphatic carbocycles. The lowest BCUT2D eigenvalue weighted by atomic mass is 10.1. The molecule has 0 aliphatic rings. The van der Waals surface area contributed by atoms with Crippen molar-refractivity contribution in [2.45, 2.75) is 19.9 Å². The Balaban J connectivity index is 2.17. The van der Waals surface area contributed by atoms with E-state index in [4.69, 9.17) is 0 Å². The van der Waals surface area contributed by atoms with Crippen LogP contribution in [0.25, 0.3) is 6.08 Å². The Kier molecular flexibility index (Phi) is 3.20. The predicted octanol–water partition coefficient (Wildman–Crippen LogP) is 3.14. The molecule has 0 saturated heterocycles. The highest BCUT2D eigenvalue weighted by Crippen LogP contribution is 2.09. The van der Waals surface area contributed by atoms with Crippen molar-refractivity contribution in [3.8, 4) is 0 Å². The van der Waals surface area contributed by atoms with E-state index < -0.39 is 0 Å². The van der Waals surface area contributed by atoms with Crippen LogP contribution >= 0.6 is 0 Å². The zero-order valence-electron chi connectivity index (χ0n) is 9.56. The number of aryl methyl sites for hydroxylation is 1. The van der Waals surface area contributed by atoms with Gasteiger partial charge in [0.25, 0.3) is 0 Å². The molecule has 1 aromatic heterocycles. The van der Waals surface area contributed by atoms with Gasteiger partial charge in [0.1, 0.15) is 5.82 Å². The van der Waals surface area contributed by atoms with Gasteiger partial charge in [-0.05, 0) is 11.1 Å². The van der Waals surface area contributed by atoms with Crippen molar-refractivity contribution < 1.29 is 0 Å². The minimum absolute atomic E-state index is 0.889. The Hall–Kier alpha value is -1.83. The average molecular weight is 212 g/mol. The Morgan fingerprint density at radius 2 is 2.06 bits per heavy atom. The van der Waals surface area contributed by atoms with Gasteiger partial charge in [-0.15, -0.1) is 0 Å². The lowest BCUT2D eigenvalue weighted by Gasteiger charge is -2.06. The van der Waals surface area contributed by atoms with Gasteiger partial charge in [0.2, 0.25) is 0 Å². The van der Waals surface area contributed by atoms with E-state index in [0.29, 0.717) is 0 Å². The molecule has 0 atom stereocenters. The van der Waals surface area contributed by atoms with Gasteiger partial charge in [-0.2, -0.15) is 0 Å². The molecule has 0 radical (unpaired) electrons. The molecular formula is C14H16N2. The quantitative estimate of drug-likeness (QED) is 0.761. The molecule has 1 heterocycles. The standard InChI is InChI=1S/C14H16N2/c1-3-12-5-7-13(8-6-12)11-16-10-9-15-14(16)4-2/h3,5-10H,1,4,11H2,2H3. The highest BCUT2D eigenvalue weighted by molar-refractivity contribution is 5.47. The fraction of sp³-hybridized carbons (Fsp3) is 0.214. The molecule has 82 valence electrons. The first-order chi connectivity index (χ1) is 7.83. The smallest absolute Gasteiger partial charge is 0.108 e. The minimum atomic E-state index is 0.889. The molecule has 2 rings (SSSR count). The molecule has 0 aliphatic heterocycles. The van der Waals surface area contributed by atoms with Gasteiger partial charge in [-0.1, -0.05) is 43.8 Å². The summed E-state index contributed by atoms with van der Waals surface area (Å²) < 4.78 is 2.18. The summed E-state index contributed by atoms with van der Waals surface area (Å²) in [5, 5.41) is 0. The predicted molar refractivity (Wildman–Crippen MR) is 67.2 cm³/mol. The van der Waals surface area contributed by atoms with E-state index in [9.17, 15) is 0 Å². The van der Waals surface area contributed by atoms with Crippen molar-refractivity contribution in [2.75, 3.05) is 0 Å². The topological polar surface area (TPSA) is 17.8 Å². The Labute approximate surface area is 96.3 Å². The third-order valence-electron chi connectivity index (χ3n) is 2.69. The number of imidazole rings is 1. The third kappa shape index (κ3) is 2.22. The SMILES string of the molecule is C=Cc1ccc(Cn2ccnc2CC)cc1. The third-order valence-corrected chi connectivity index (χ3v) is 2.69. The second-order valence-corrected chi connectivity index (χ2v) is 3.77. The molecule has 0 spiro atoms. The summed E-state index contributed by atoms with van der Waals surface area (Å²) >= 11 is 0. The van der Waals surface area contributed by atoms with E-state index in [1.165, 1.54) is 5.56 Å². The average Bonchev–Trinajstić information content (AvgIpc) is 2.77. The molecule has 2 heteroatoms. The van der Waals surface area contributed by atoms with Crippen LogP contribution in [0.4, 0.5) is 0 Å². The number of benzene rings is 1. The van der Waals surface area contributed by atoms with Gasteiger partial charge in [-0.3, -0.25) is 0 Å². The van der Waals surface area contributed by atoms with Gasteiger partial charge in [0.05, 0.1) is 0 Å². The van der Waals surface area contributed by atoms with Crippen LogP contribution in [0.15, 0.2) is 43.2 Å². The molecule has 16 heavy (non-hydrogen) atoms. The summed E-state index contributed by atoms with van der Waals surface area (Å²) in [6.07, 6.45) is 6.72. The fourth-order valence-corrected chi connectivity index (χ4v) is 1.75. The minimum Gasteiger partial charge on any atom is -0.331 e. The highest BCUT2D eigenvalue weighted by Gasteiger charge is 2.00. The van der Waals surface area contributed by atoms with Crippen LogP contribution in [-0.2, 0) is 13.0 Å². The largest absolute Gasteiger partial charge is 0.331 e. The van der Waals surface area contributed by atoms with Crippen molar-refractivity contribution in [1.82, 2.24) is 9.55 Å². The summed E-state index contributed by atoms with van der Waals surface area (Å²) in [6.45, 7) is 6.76. The fourth-order valence-electron chi connectivity index (χ4n) is 1.75. The molecule has 0 saturated carbocycles. The number of rotatable bonds is 4. The van der Waals surface area contributed by atoms with Crippen LogP contribution in [0.3, 0.4) is 0 Å². The van der Waals surface area contributed by atoms with Crippen LogP contribution in [0.1, 0.15) is 23.9 Å². The molecule has 2 aromatic rings. The number of hydrogen-bond donors (Lipinski definition) is 0. The lowest BCUT2D eigenvalue weighted by Crippen LogP contribution is -2.03. The van der Waals surface area contributed by atoms with E-state index in [0.717, 1.165) is 24.4 Å². The molecule has 0 bridgehead atoms. The van der Waals surface area contributed by atoms with Crippen LogP contribution in [0.2, 0.25) is 0 Å². The summed E-state index contributed by atoms with van der Waals surface area (Å²) in [7, 11) is 0. The van der Waals surface area contributed by atoms with Crippen molar-refractivity contribution in [2.24, 2.45) is 0 Å². The maximum atomic E-state index is 4.31. The van der Waals surface area contributed by atoms with Crippen LogP contribution < -0.4 is 0 Å². The van der Waals surface area contributed by atoms with Gasteiger partial charge in [-0.25, -0.2) is 4.98 Å². The molecule has 0 N–H and O–H groups in total. The van der Waals surface area contributed by atoms with E-state index in [2.05, 4.69) is 47.3 Å². The first-order valence-electron chi connectivity index (χ1n) is 5.55. The van der Waals surface area contributed by atoms with Crippen molar-refractivity contribution in [3.63, 3.8) is 0 Å². The normalized spacial score (nSPS) is 10.3. The monoisotopic (exact) mass is 212 g/mol. The molecule has 1 aromatic carbocycles. The van der Waals surface area contributed by atoms with Crippen LogP contribution in [0.5, 0.6) is 0 Å². The maximum absolute atomic E-state index is 4.31. The van der Waals surface area contributed by atoms with Crippen LogP contribution in [-0.4, -0.2) is 9.55 Å². The van der Waals surface area contributed by atoms with E-state index in [1.54, 1.807) is 0 Å². The Morgan fingerprint density at radius 3 is 2.69 bits per heavy atom. The maximum Gasteiger partial charge on any atom is 0.108 e. The molecular weight excluding hydrogens is 196 g/mol. The van der Waals surface area contributed by atoms with Crippen molar-refractivity contribution in [1.29, 1.82) is 0 Å². The molecule has 0 amide bonds. The second kappa shape index (κ2) is 4.79. The summed E-state index contributed by atoms with van der Waals surface area (Å²) in [4.78, 5) is 4.31. The van der Waals surface area contributed by atoms with Crippen LogP contribution in [0, 0.1) is 0 Å². The molecule has 0 fully saturated rings. The molecule has 2 nitrogen and oxygen atoms in total. The summed E-state index contributed by atoms with van der Waals surface area (Å²) in [5.41, 5.74) is 2.45. The van der Waals surface area contributed by atoms with E-state index >= 15 is 0 Å². The second-order valence-electron chi connectivity index (χ2n) is 3.77. The van der Waals surface area contributed by atoms with Crippen molar-refractivity contribution >= 4 is 6.08 Å². The highest BCUT2D eigenvalue weighted by atomic mass is 15.1. The van der Waals surface area contributed by atoms with Gasteiger partial charge >= 0.3 is 0 Å². The number of hydrogen-bond acceptors (Lipinski definition) is 1. The summed E-state index contributed by atoms with van der Waals surface area (Å²) in [5.74, 6) is 1.13. The Morgan fingerprint density at radius 1 is 1.31 bits per heavy atom. The first kappa shape index (κ1) is 10.7. The van der Waals surface area contributed by atoms with Gasteiger partial charge < -0.3 is 4.57 Å². The number of aromatic nitrogens is 2. The van der Waals surface area contributed by atoms with Crippen molar-refractivity contribution in [3.05, 3.63) is 60.2 Å². The van der Waals surface area contributed by atoms with E-state index in [-0.39, 0.29) is 0 Å². The van der Waals surface area contributed by atoms with Gasteiger partial charge in [0.15, 0.2) is 0 Å².